The summed E-state index contributed by atoms with van der Waals surface area (Å²) in [5.41, 5.74) is 7.94. The maximum Gasteiger partial charge on any atom is 0.137 e. The van der Waals surface area contributed by atoms with Crippen molar-refractivity contribution < 1.29 is 9.13 Å². The van der Waals surface area contributed by atoms with Crippen molar-refractivity contribution in [1.29, 1.82) is 0 Å². The van der Waals surface area contributed by atoms with E-state index in [9.17, 15) is 4.39 Å². The summed E-state index contributed by atoms with van der Waals surface area (Å²) in [4.78, 5) is 0. The summed E-state index contributed by atoms with van der Waals surface area (Å²) in [6, 6.07) is 12.2. The van der Waals surface area contributed by atoms with Gasteiger partial charge in [-0.1, -0.05) is 29.8 Å². The highest BCUT2D eigenvalue weighted by Gasteiger charge is 2.12. The molecule has 0 aliphatic rings. The van der Waals surface area contributed by atoms with Gasteiger partial charge in [0.2, 0.25) is 0 Å². The third-order valence-electron chi connectivity index (χ3n) is 3.32. The molecule has 0 aliphatic carbocycles. The fourth-order valence-electron chi connectivity index (χ4n) is 2.19. The predicted molar refractivity (Wildman–Crippen MR) is 79.9 cm³/mol. The monoisotopic (exact) mass is 293 g/mol. The fraction of sp³-hybridized carbons (Fsp3) is 0.250. The zero-order chi connectivity index (χ0) is 14.5. The molecule has 0 spiro atoms. The normalized spacial score (nSPS) is 12.2. The maximum atomic E-state index is 13.0. The zero-order valence-electron chi connectivity index (χ0n) is 11.3. The first-order valence-electron chi connectivity index (χ1n) is 6.42. The quantitative estimate of drug-likeness (QED) is 0.911. The van der Waals surface area contributed by atoms with Gasteiger partial charge in [0.25, 0.3) is 0 Å². The van der Waals surface area contributed by atoms with Gasteiger partial charge in [0, 0.05) is 5.92 Å². The van der Waals surface area contributed by atoms with Gasteiger partial charge in [0.1, 0.15) is 11.6 Å². The van der Waals surface area contributed by atoms with Crippen molar-refractivity contribution in [3.8, 4) is 5.75 Å². The minimum atomic E-state index is -0.239. The van der Waals surface area contributed by atoms with Gasteiger partial charge < -0.3 is 10.5 Å². The number of methoxy groups -OCH3 is 1. The van der Waals surface area contributed by atoms with E-state index in [1.165, 1.54) is 12.1 Å². The van der Waals surface area contributed by atoms with Crippen LogP contribution in [-0.2, 0) is 6.42 Å². The minimum Gasteiger partial charge on any atom is -0.495 e. The topological polar surface area (TPSA) is 35.2 Å². The van der Waals surface area contributed by atoms with Crippen LogP contribution in [0.2, 0.25) is 5.02 Å². The average molecular weight is 294 g/mol. The molecule has 4 heteroatoms. The van der Waals surface area contributed by atoms with E-state index in [-0.39, 0.29) is 11.7 Å². The van der Waals surface area contributed by atoms with Crippen molar-refractivity contribution in [2.75, 3.05) is 13.7 Å². The molecule has 0 heterocycles. The highest BCUT2D eigenvalue weighted by Crippen LogP contribution is 2.28. The van der Waals surface area contributed by atoms with Gasteiger partial charge >= 0.3 is 0 Å². The Bertz CT molecular complexity index is 571. The molecule has 0 saturated carbocycles. The fourth-order valence-corrected chi connectivity index (χ4v) is 2.47. The number of rotatable bonds is 5. The van der Waals surface area contributed by atoms with Crippen LogP contribution >= 0.6 is 11.6 Å². The Kier molecular flexibility index (Phi) is 4.99. The van der Waals surface area contributed by atoms with Crippen molar-refractivity contribution in [2.24, 2.45) is 5.73 Å². The van der Waals surface area contributed by atoms with E-state index in [1.807, 2.05) is 18.2 Å². The summed E-state index contributed by atoms with van der Waals surface area (Å²) >= 11 is 6.12. The van der Waals surface area contributed by atoms with Gasteiger partial charge in [0.05, 0.1) is 12.1 Å². The Balaban J connectivity index is 2.17. The molecule has 2 aromatic rings. The molecule has 20 heavy (non-hydrogen) atoms. The second kappa shape index (κ2) is 6.73. The molecule has 1 unspecified atom stereocenters. The Morgan fingerprint density at radius 1 is 1.20 bits per heavy atom. The van der Waals surface area contributed by atoms with Crippen molar-refractivity contribution in [3.05, 3.63) is 64.4 Å². The first-order chi connectivity index (χ1) is 9.63. The summed E-state index contributed by atoms with van der Waals surface area (Å²) < 4.78 is 18.1. The predicted octanol–water partition coefficient (Wildman–Crippen LogP) is 3.77. The molecule has 2 rings (SSSR count). The minimum absolute atomic E-state index is 0.139. The SMILES string of the molecule is COc1ccc(CC(CN)c2ccc(F)cc2)cc1Cl. The van der Waals surface area contributed by atoms with Gasteiger partial charge in [-0.3, -0.25) is 0 Å². The molecule has 0 saturated heterocycles. The van der Waals surface area contributed by atoms with Gasteiger partial charge in [-0.25, -0.2) is 4.39 Å². The second-order valence-corrected chi connectivity index (χ2v) is 5.06. The van der Waals surface area contributed by atoms with Crippen LogP contribution in [0.5, 0.6) is 5.75 Å². The molecular formula is C16H17ClFNO. The summed E-state index contributed by atoms with van der Waals surface area (Å²) in [6.07, 6.45) is 0.756. The molecule has 0 amide bonds. The van der Waals surface area contributed by atoms with Gasteiger partial charge in [-0.2, -0.15) is 0 Å². The van der Waals surface area contributed by atoms with E-state index >= 15 is 0 Å². The Morgan fingerprint density at radius 2 is 1.90 bits per heavy atom. The summed E-state index contributed by atoms with van der Waals surface area (Å²) in [5, 5.41) is 0.583. The molecule has 2 aromatic carbocycles. The zero-order valence-corrected chi connectivity index (χ0v) is 12.0. The van der Waals surface area contributed by atoms with Crippen LogP contribution in [0.1, 0.15) is 17.0 Å². The number of hydrogen-bond donors (Lipinski definition) is 1. The highest BCUT2D eigenvalue weighted by molar-refractivity contribution is 6.32. The van der Waals surface area contributed by atoms with Gasteiger partial charge in [-0.05, 0) is 48.4 Å². The molecule has 2 N–H and O–H groups in total. The van der Waals surface area contributed by atoms with E-state index in [2.05, 4.69) is 0 Å². The van der Waals surface area contributed by atoms with Gasteiger partial charge in [0.15, 0.2) is 0 Å². The molecule has 0 fully saturated rings. The molecule has 106 valence electrons. The number of benzene rings is 2. The number of halogens is 2. The summed E-state index contributed by atoms with van der Waals surface area (Å²) in [5.74, 6) is 0.554. The lowest BCUT2D eigenvalue weighted by molar-refractivity contribution is 0.415. The Hall–Kier alpha value is -1.58. The number of hydrogen-bond acceptors (Lipinski definition) is 2. The molecule has 0 bridgehead atoms. The molecule has 0 aromatic heterocycles. The third-order valence-corrected chi connectivity index (χ3v) is 3.62. The number of ether oxygens (including phenoxy) is 1. The van der Waals surface area contributed by atoms with Crippen molar-refractivity contribution in [3.63, 3.8) is 0 Å². The Morgan fingerprint density at radius 3 is 2.45 bits per heavy atom. The average Bonchev–Trinajstić information content (AvgIpc) is 2.46. The summed E-state index contributed by atoms with van der Waals surface area (Å²) in [7, 11) is 1.59. The maximum absolute atomic E-state index is 13.0. The smallest absolute Gasteiger partial charge is 0.137 e. The van der Waals surface area contributed by atoms with Crippen molar-refractivity contribution >= 4 is 11.6 Å². The second-order valence-electron chi connectivity index (χ2n) is 4.66. The van der Waals surface area contributed by atoms with E-state index < -0.39 is 0 Å². The van der Waals surface area contributed by atoms with Crippen LogP contribution in [0.15, 0.2) is 42.5 Å². The standard InChI is InChI=1S/C16H17ClFNO/c1-20-16-7-2-11(9-15(16)17)8-13(10-19)12-3-5-14(18)6-4-12/h2-7,9,13H,8,10,19H2,1H3. The van der Waals surface area contributed by atoms with E-state index in [0.717, 1.165) is 17.5 Å². The molecule has 0 aliphatic heterocycles. The first-order valence-corrected chi connectivity index (χ1v) is 6.79. The summed E-state index contributed by atoms with van der Waals surface area (Å²) in [6.45, 7) is 0.495. The third kappa shape index (κ3) is 3.50. The molecular weight excluding hydrogens is 277 g/mol. The lowest BCUT2D eigenvalue weighted by Gasteiger charge is -2.16. The molecule has 2 nitrogen and oxygen atoms in total. The number of nitrogens with two attached hydrogens (primary N) is 1. The van der Waals surface area contributed by atoms with E-state index in [4.69, 9.17) is 22.1 Å². The van der Waals surface area contributed by atoms with Crippen LogP contribution in [-0.4, -0.2) is 13.7 Å². The van der Waals surface area contributed by atoms with E-state index in [1.54, 1.807) is 19.2 Å². The van der Waals surface area contributed by atoms with Crippen LogP contribution in [0.4, 0.5) is 4.39 Å². The first kappa shape index (κ1) is 14.8. The molecule has 1 atom stereocenters. The highest BCUT2D eigenvalue weighted by atomic mass is 35.5. The molecule has 0 radical (unpaired) electrons. The lowest BCUT2D eigenvalue weighted by atomic mass is 9.92. The van der Waals surface area contributed by atoms with Crippen molar-refractivity contribution in [2.45, 2.75) is 12.3 Å². The van der Waals surface area contributed by atoms with Crippen LogP contribution in [0.25, 0.3) is 0 Å². The van der Waals surface area contributed by atoms with Crippen LogP contribution in [0, 0.1) is 5.82 Å². The van der Waals surface area contributed by atoms with Crippen LogP contribution < -0.4 is 10.5 Å². The van der Waals surface area contributed by atoms with Crippen LogP contribution in [0.3, 0.4) is 0 Å². The lowest BCUT2D eigenvalue weighted by Crippen LogP contribution is -2.15. The van der Waals surface area contributed by atoms with E-state index in [0.29, 0.717) is 17.3 Å². The van der Waals surface area contributed by atoms with Crippen molar-refractivity contribution in [1.82, 2.24) is 0 Å². The Labute approximate surface area is 123 Å². The van der Waals surface area contributed by atoms with Gasteiger partial charge in [-0.15, -0.1) is 0 Å². The largest absolute Gasteiger partial charge is 0.495 e.